The van der Waals surface area contributed by atoms with E-state index in [9.17, 15) is 0 Å². The SMILES string of the molecule is Cc1ccccc1CCCCCCc1cccc(Cl)c1. The van der Waals surface area contributed by atoms with E-state index in [2.05, 4.69) is 43.3 Å². The van der Waals surface area contributed by atoms with Gasteiger partial charge >= 0.3 is 0 Å². The second kappa shape index (κ2) is 8.11. The molecule has 2 aromatic carbocycles. The summed E-state index contributed by atoms with van der Waals surface area (Å²) >= 11 is 5.99. The number of benzene rings is 2. The van der Waals surface area contributed by atoms with Gasteiger partial charge in [-0.2, -0.15) is 0 Å². The Balaban J connectivity index is 1.61. The van der Waals surface area contributed by atoms with Crippen LogP contribution in [0, 0.1) is 6.92 Å². The van der Waals surface area contributed by atoms with E-state index in [0.717, 1.165) is 11.4 Å². The minimum Gasteiger partial charge on any atom is -0.0843 e. The smallest absolute Gasteiger partial charge is 0.0408 e. The van der Waals surface area contributed by atoms with Crippen molar-refractivity contribution in [2.75, 3.05) is 0 Å². The average molecular weight is 287 g/mol. The van der Waals surface area contributed by atoms with Crippen LogP contribution in [0.2, 0.25) is 5.02 Å². The molecule has 0 saturated heterocycles. The van der Waals surface area contributed by atoms with Gasteiger partial charge in [0.2, 0.25) is 0 Å². The first-order chi connectivity index (χ1) is 9.75. The van der Waals surface area contributed by atoms with Crippen molar-refractivity contribution >= 4 is 11.6 Å². The Kier molecular flexibility index (Phi) is 6.14. The number of hydrogen-bond acceptors (Lipinski definition) is 0. The number of hydrogen-bond donors (Lipinski definition) is 0. The molecular formula is C19H23Cl. The van der Waals surface area contributed by atoms with E-state index in [1.54, 1.807) is 0 Å². The Morgan fingerprint density at radius 2 is 1.55 bits per heavy atom. The van der Waals surface area contributed by atoms with E-state index in [4.69, 9.17) is 11.6 Å². The molecule has 0 spiro atoms. The minimum absolute atomic E-state index is 0.849. The number of halogens is 1. The molecule has 0 aromatic heterocycles. The third-order valence-electron chi connectivity index (χ3n) is 3.81. The maximum Gasteiger partial charge on any atom is 0.0408 e. The van der Waals surface area contributed by atoms with E-state index < -0.39 is 0 Å². The molecule has 0 aliphatic heterocycles. The van der Waals surface area contributed by atoms with Crippen LogP contribution in [0.1, 0.15) is 42.4 Å². The van der Waals surface area contributed by atoms with Gasteiger partial charge in [0.25, 0.3) is 0 Å². The molecule has 0 heterocycles. The predicted octanol–water partition coefficient (Wildman–Crippen LogP) is 5.99. The van der Waals surface area contributed by atoms with Gasteiger partial charge in [-0.15, -0.1) is 0 Å². The highest BCUT2D eigenvalue weighted by Crippen LogP contribution is 2.15. The van der Waals surface area contributed by atoms with E-state index >= 15 is 0 Å². The predicted molar refractivity (Wildman–Crippen MR) is 88.5 cm³/mol. The summed E-state index contributed by atoms with van der Waals surface area (Å²) in [6.45, 7) is 2.20. The van der Waals surface area contributed by atoms with Crippen molar-refractivity contribution in [2.45, 2.75) is 45.4 Å². The molecule has 0 aliphatic carbocycles. The zero-order chi connectivity index (χ0) is 14.2. The van der Waals surface area contributed by atoms with Crippen molar-refractivity contribution in [3.05, 3.63) is 70.2 Å². The molecule has 0 unspecified atom stereocenters. The Hall–Kier alpha value is -1.27. The summed E-state index contributed by atoms with van der Waals surface area (Å²) in [4.78, 5) is 0. The molecule has 0 N–H and O–H groups in total. The average Bonchev–Trinajstić information content (AvgIpc) is 2.44. The van der Waals surface area contributed by atoms with Crippen LogP contribution in [0.15, 0.2) is 48.5 Å². The molecule has 1 heteroatoms. The first-order valence-corrected chi connectivity index (χ1v) is 7.92. The quantitative estimate of drug-likeness (QED) is 0.548. The highest BCUT2D eigenvalue weighted by Gasteiger charge is 1.98. The van der Waals surface area contributed by atoms with Crippen molar-refractivity contribution in [2.24, 2.45) is 0 Å². The summed E-state index contributed by atoms with van der Waals surface area (Å²) in [5.74, 6) is 0. The molecule has 0 fully saturated rings. The summed E-state index contributed by atoms with van der Waals surface area (Å²) in [5.41, 5.74) is 4.28. The molecule has 0 bridgehead atoms. The van der Waals surface area contributed by atoms with Gasteiger partial charge in [0.05, 0.1) is 0 Å². The lowest BCUT2D eigenvalue weighted by atomic mass is 10.0. The molecule has 0 aliphatic rings. The van der Waals surface area contributed by atoms with Gasteiger partial charge in [-0.1, -0.05) is 60.8 Å². The number of unbranched alkanes of at least 4 members (excludes halogenated alkanes) is 3. The molecule has 2 aromatic rings. The van der Waals surface area contributed by atoms with Crippen LogP contribution >= 0.6 is 11.6 Å². The Bertz CT molecular complexity index is 531. The zero-order valence-electron chi connectivity index (χ0n) is 12.2. The Labute approximate surface area is 127 Å². The van der Waals surface area contributed by atoms with Crippen molar-refractivity contribution in [1.29, 1.82) is 0 Å². The van der Waals surface area contributed by atoms with Crippen molar-refractivity contribution in [3.63, 3.8) is 0 Å². The Morgan fingerprint density at radius 1 is 0.800 bits per heavy atom. The molecular weight excluding hydrogens is 264 g/mol. The van der Waals surface area contributed by atoms with E-state index in [-0.39, 0.29) is 0 Å². The highest BCUT2D eigenvalue weighted by molar-refractivity contribution is 6.30. The van der Waals surface area contributed by atoms with Crippen LogP contribution in [0.25, 0.3) is 0 Å². The highest BCUT2D eigenvalue weighted by atomic mass is 35.5. The summed E-state index contributed by atoms with van der Waals surface area (Å²) < 4.78 is 0. The fourth-order valence-electron chi connectivity index (χ4n) is 2.58. The number of aryl methyl sites for hydroxylation is 3. The van der Waals surface area contributed by atoms with Crippen LogP contribution < -0.4 is 0 Å². The lowest BCUT2D eigenvalue weighted by Gasteiger charge is -2.05. The molecule has 20 heavy (non-hydrogen) atoms. The van der Waals surface area contributed by atoms with Gasteiger partial charge in [0.1, 0.15) is 0 Å². The molecule has 106 valence electrons. The van der Waals surface area contributed by atoms with Crippen LogP contribution in [0.5, 0.6) is 0 Å². The third kappa shape index (κ3) is 5.02. The van der Waals surface area contributed by atoms with Gasteiger partial charge in [-0.05, 0) is 61.4 Å². The monoisotopic (exact) mass is 286 g/mol. The topological polar surface area (TPSA) is 0 Å². The van der Waals surface area contributed by atoms with Crippen molar-refractivity contribution in [1.82, 2.24) is 0 Å². The van der Waals surface area contributed by atoms with Gasteiger partial charge in [0.15, 0.2) is 0 Å². The van der Waals surface area contributed by atoms with Gasteiger partial charge < -0.3 is 0 Å². The summed E-state index contributed by atoms with van der Waals surface area (Å²) in [5, 5.41) is 0.849. The maximum absolute atomic E-state index is 5.99. The van der Waals surface area contributed by atoms with Crippen LogP contribution in [-0.4, -0.2) is 0 Å². The standard InChI is InChI=1S/C19H23Cl/c1-16-9-6-7-13-18(16)12-5-3-2-4-10-17-11-8-14-19(20)15-17/h6-9,11,13-15H,2-5,10,12H2,1H3. The maximum atomic E-state index is 5.99. The first-order valence-electron chi connectivity index (χ1n) is 7.54. The lowest BCUT2D eigenvalue weighted by molar-refractivity contribution is 0.639. The summed E-state index contributed by atoms with van der Waals surface area (Å²) in [7, 11) is 0. The summed E-state index contributed by atoms with van der Waals surface area (Å²) in [6.07, 6.45) is 7.52. The molecule has 0 saturated carbocycles. The molecule has 0 radical (unpaired) electrons. The lowest BCUT2D eigenvalue weighted by Crippen LogP contribution is -1.90. The second-order valence-corrected chi connectivity index (χ2v) is 5.91. The van der Waals surface area contributed by atoms with E-state index in [1.165, 1.54) is 48.8 Å². The van der Waals surface area contributed by atoms with E-state index in [0.29, 0.717) is 0 Å². The van der Waals surface area contributed by atoms with Gasteiger partial charge in [0, 0.05) is 5.02 Å². The normalized spacial score (nSPS) is 10.7. The van der Waals surface area contributed by atoms with Crippen molar-refractivity contribution in [3.8, 4) is 0 Å². The fraction of sp³-hybridized carbons (Fsp3) is 0.368. The number of rotatable bonds is 7. The molecule has 0 amide bonds. The van der Waals surface area contributed by atoms with Gasteiger partial charge in [-0.3, -0.25) is 0 Å². The third-order valence-corrected chi connectivity index (χ3v) is 4.05. The zero-order valence-corrected chi connectivity index (χ0v) is 13.0. The Morgan fingerprint density at radius 3 is 2.30 bits per heavy atom. The minimum atomic E-state index is 0.849. The van der Waals surface area contributed by atoms with Crippen LogP contribution in [0.4, 0.5) is 0 Å². The molecule has 2 rings (SSSR count). The van der Waals surface area contributed by atoms with Crippen LogP contribution in [0.3, 0.4) is 0 Å². The second-order valence-electron chi connectivity index (χ2n) is 5.47. The summed E-state index contributed by atoms with van der Waals surface area (Å²) in [6, 6.07) is 16.9. The fourth-order valence-corrected chi connectivity index (χ4v) is 2.79. The van der Waals surface area contributed by atoms with E-state index in [1.807, 2.05) is 12.1 Å². The largest absolute Gasteiger partial charge is 0.0843 e. The van der Waals surface area contributed by atoms with Gasteiger partial charge in [-0.25, -0.2) is 0 Å². The molecule has 0 nitrogen and oxygen atoms in total. The first kappa shape index (κ1) is 15.1. The molecule has 0 atom stereocenters. The van der Waals surface area contributed by atoms with Crippen molar-refractivity contribution < 1.29 is 0 Å². The van der Waals surface area contributed by atoms with Crippen LogP contribution in [-0.2, 0) is 12.8 Å².